The highest BCUT2D eigenvalue weighted by atomic mass is 15.1. The number of nitrogens with one attached hydrogen (secondary N) is 1. The molecule has 1 rings (SSSR count). The minimum absolute atomic E-state index is 0.639. The van der Waals surface area contributed by atoms with Crippen LogP contribution in [0.1, 0.15) is 19.3 Å². The predicted molar refractivity (Wildman–Crippen MR) is 69.5 cm³/mol. The maximum atomic E-state index is 5.70. The van der Waals surface area contributed by atoms with Crippen molar-refractivity contribution in [3.8, 4) is 0 Å². The van der Waals surface area contributed by atoms with E-state index in [0.29, 0.717) is 12.0 Å². The zero-order chi connectivity index (χ0) is 12.0. The summed E-state index contributed by atoms with van der Waals surface area (Å²) in [4.78, 5) is 6.38. The Hall–Kier alpha value is -1.03. The molecule has 0 aromatic carbocycles. The summed E-state index contributed by atoms with van der Waals surface area (Å²) in [5, 5.41) is 3.03. The molecule has 0 spiro atoms. The summed E-state index contributed by atoms with van der Waals surface area (Å²) >= 11 is 0. The fraction of sp³-hybridized carbons (Fsp3) is 0.750. The fourth-order valence-corrected chi connectivity index (χ4v) is 2.21. The van der Waals surface area contributed by atoms with Gasteiger partial charge in [-0.2, -0.15) is 0 Å². The van der Waals surface area contributed by atoms with Crippen LogP contribution >= 0.6 is 0 Å². The van der Waals surface area contributed by atoms with E-state index in [4.69, 9.17) is 5.73 Å². The van der Waals surface area contributed by atoms with Crippen molar-refractivity contribution in [3.63, 3.8) is 0 Å². The van der Waals surface area contributed by atoms with E-state index in [0.717, 1.165) is 12.4 Å². The highest BCUT2D eigenvalue weighted by Crippen LogP contribution is 2.27. The van der Waals surface area contributed by atoms with Crippen LogP contribution in [-0.2, 0) is 0 Å². The summed E-state index contributed by atoms with van der Waals surface area (Å²) in [5.41, 5.74) is 5.70. The van der Waals surface area contributed by atoms with Crippen molar-refractivity contribution in [2.24, 2.45) is 16.6 Å². The van der Waals surface area contributed by atoms with E-state index in [1.807, 2.05) is 13.1 Å². The average Bonchev–Trinajstić information content (AvgIpc) is 2.78. The van der Waals surface area contributed by atoms with Crippen molar-refractivity contribution in [2.75, 3.05) is 27.7 Å². The molecule has 1 fully saturated rings. The molecule has 2 atom stereocenters. The number of hydrogen-bond acceptors (Lipinski definition) is 3. The Morgan fingerprint density at radius 3 is 2.81 bits per heavy atom. The summed E-state index contributed by atoms with van der Waals surface area (Å²) in [6, 6.07) is 0.639. The minimum atomic E-state index is 0.639. The van der Waals surface area contributed by atoms with Gasteiger partial charge in [0.2, 0.25) is 0 Å². The second-order valence-corrected chi connectivity index (χ2v) is 4.41. The van der Waals surface area contributed by atoms with Gasteiger partial charge in [0.15, 0.2) is 0 Å². The first-order valence-electron chi connectivity index (χ1n) is 5.96. The van der Waals surface area contributed by atoms with Crippen molar-refractivity contribution in [1.82, 2.24) is 10.2 Å². The first-order valence-corrected chi connectivity index (χ1v) is 5.96. The van der Waals surface area contributed by atoms with Crippen molar-refractivity contribution in [3.05, 3.63) is 12.3 Å². The van der Waals surface area contributed by atoms with Crippen LogP contribution in [0.5, 0.6) is 0 Å². The second-order valence-electron chi connectivity index (χ2n) is 4.41. The smallest absolute Gasteiger partial charge is 0.121 e. The van der Waals surface area contributed by atoms with Crippen molar-refractivity contribution >= 4 is 5.84 Å². The highest BCUT2D eigenvalue weighted by molar-refractivity contribution is 5.92. The van der Waals surface area contributed by atoms with Crippen LogP contribution in [0, 0.1) is 5.92 Å². The van der Waals surface area contributed by atoms with E-state index in [-0.39, 0.29) is 0 Å². The maximum absolute atomic E-state index is 5.70. The molecule has 16 heavy (non-hydrogen) atoms. The van der Waals surface area contributed by atoms with E-state index in [9.17, 15) is 0 Å². The lowest BCUT2D eigenvalue weighted by Crippen LogP contribution is -2.26. The number of aliphatic imine (C=N–C) groups is 1. The molecule has 92 valence electrons. The molecule has 1 aliphatic rings. The topological polar surface area (TPSA) is 53.6 Å². The van der Waals surface area contributed by atoms with Gasteiger partial charge in [-0.15, -0.1) is 0 Å². The molecule has 0 heterocycles. The summed E-state index contributed by atoms with van der Waals surface area (Å²) < 4.78 is 0. The second kappa shape index (κ2) is 6.53. The van der Waals surface area contributed by atoms with Crippen molar-refractivity contribution < 1.29 is 0 Å². The lowest BCUT2D eigenvalue weighted by atomic mass is 10.1. The largest absolute Gasteiger partial charge is 0.377 e. The number of amidine groups is 1. The summed E-state index contributed by atoms with van der Waals surface area (Å²) in [7, 11) is 5.80. The lowest BCUT2D eigenvalue weighted by Gasteiger charge is -2.22. The van der Waals surface area contributed by atoms with E-state index >= 15 is 0 Å². The third-order valence-corrected chi connectivity index (χ3v) is 3.39. The highest BCUT2D eigenvalue weighted by Gasteiger charge is 2.25. The van der Waals surface area contributed by atoms with Crippen molar-refractivity contribution in [2.45, 2.75) is 25.3 Å². The van der Waals surface area contributed by atoms with Crippen LogP contribution in [0.15, 0.2) is 17.3 Å². The molecule has 3 N–H and O–H groups in total. The zero-order valence-electron chi connectivity index (χ0n) is 10.6. The van der Waals surface area contributed by atoms with Crippen LogP contribution in [-0.4, -0.2) is 44.5 Å². The quantitative estimate of drug-likeness (QED) is 0.549. The Morgan fingerprint density at radius 2 is 2.31 bits per heavy atom. The maximum Gasteiger partial charge on any atom is 0.121 e. The molecule has 0 aromatic rings. The molecule has 0 aliphatic heterocycles. The number of nitrogens with two attached hydrogens (primary N) is 1. The molecule has 0 saturated heterocycles. The Kier molecular flexibility index (Phi) is 5.32. The number of rotatable bonds is 4. The third kappa shape index (κ3) is 3.52. The van der Waals surface area contributed by atoms with Gasteiger partial charge in [-0.25, -0.2) is 0 Å². The Labute approximate surface area is 98.6 Å². The molecular formula is C12H24N4. The molecule has 0 amide bonds. The first-order chi connectivity index (χ1) is 7.71. The molecule has 4 nitrogen and oxygen atoms in total. The van der Waals surface area contributed by atoms with Gasteiger partial charge in [0.1, 0.15) is 5.84 Å². The average molecular weight is 224 g/mol. The van der Waals surface area contributed by atoms with Gasteiger partial charge >= 0.3 is 0 Å². The van der Waals surface area contributed by atoms with Crippen LogP contribution in [0.25, 0.3) is 0 Å². The molecule has 0 radical (unpaired) electrons. The first kappa shape index (κ1) is 13.0. The monoisotopic (exact) mass is 224 g/mol. The number of hydrogen-bond donors (Lipinski definition) is 2. The number of nitrogens with zero attached hydrogens (tertiary/aromatic N) is 2. The summed E-state index contributed by atoms with van der Waals surface area (Å²) in [6.07, 6.45) is 7.84. The van der Waals surface area contributed by atoms with E-state index in [1.54, 1.807) is 7.05 Å². The van der Waals surface area contributed by atoms with Gasteiger partial charge in [-0.05, 0) is 37.8 Å². The van der Waals surface area contributed by atoms with E-state index in [2.05, 4.69) is 28.5 Å². The molecule has 4 heteroatoms. The Balaban J connectivity index is 2.44. The molecule has 0 unspecified atom stereocenters. The molecule has 0 aromatic heterocycles. The van der Waals surface area contributed by atoms with Gasteiger partial charge in [0, 0.05) is 33.4 Å². The Morgan fingerprint density at radius 1 is 1.56 bits per heavy atom. The zero-order valence-corrected chi connectivity index (χ0v) is 10.6. The van der Waals surface area contributed by atoms with E-state index in [1.165, 1.54) is 19.3 Å². The standard InChI is InChI=1S/C12H24N4/c1-14-12(15-2)6-7-16(3)11-5-4-10(8-11)9-13/h6-7,10-11H,4-5,8-9,13H2,1-3H3,(H,14,15)/b7-6-/t10-,11+/m1/s1. The third-order valence-electron chi connectivity index (χ3n) is 3.39. The van der Waals surface area contributed by atoms with Gasteiger partial charge in [0.25, 0.3) is 0 Å². The fourth-order valence-electron chi connectivity index (χ4n) is 2.21. The number of likely N-dealkylation sites (N-methyl/N-ethyl adjacent to an activating group) is 1. The Bertz CT molecular complexity index is 260. The molecule has 1 saturated carbocycles. The predicted octanol–water partition coefficient (Wildman–Crippen LogP) is 0.807. The summed E-state index contributed by atoms with van der Waals surface area (Å²) in [5.74, 6) is 1.62. The van der Waals surface area contributed by atoms with Crippen LogP contribution in [0.3, 0.4) is 0 Å². The SMILES string of the molecule is C/N=C(\C=C/N(C)[C@H]1CC[C@@H](CN)C1)NC. The molecular weight excluding hydrogens is 200 g/mol. The van der Waals surface area contributed by atoms with E-state index < -0.39 is 0 Å². The van der Waals surface area contributed by atoms with Crippen LogP contribution in [0.4, 0.5) is 0 Å². The minimum Gasteiger partial charge on any atom is -0.377 e. The van der Waals surface area contributed by atoms with Gasteiger partial charge < -0.3 is 16.0 Å². The molecule has 1 aliphatic carbocycles. The molecule has 0 bridgehead atoms. The van der Waals surface area contributed by atoms with Gasteiger partial charge in [-0.3, -0.25) is 4.99 Å². The normalized spacial score (nSPS) is 26.4. The summed E-state index contributed by atoms with van der Waals surface area (Å²) in [6.45, 7) is 0.826. The van der Waals surface area contributed by atoms with Crippen LogP contribution < -0.4 is 11.1 Å². The van der Waals surface area contributed by atoms with Crippen LogP contribution in [0.2, 0.25) is 0 Å². The van der Waals surface area contributed by atoms with Gasteiger partial charge in [0.05, 0.1) is 0 Å². The lowest BCUT2D eigenvalue weighted by molar-refractivity contribution is 0.326. The van der Waals surface area contributed by atoms with Crippen molar-refractivity contribution in [1.29, 1.82) is 0 Å². The van der Waals surface area contributed by atoms with Gasteiger partial charge in [-0.1, -0.05) is 0 Å².